The summed E-state index contributed by atoms with van der Waals surface area (Å²) in [5.74, 6) is 0.846. The van der Waals surface area contributed by atoms with Crippen molar-refractivity contribution in [3.63, 3.8) is 0 Å². The van der Waals surface area contributed by atoms with Crippen LogP contribution in [0.15, 0.2) is 76.5 Å². The maximum Gasteiger partial charge on any atom is 0.262 e. The minimum atomic E-state index is -3.90. The van der Waals surface area contributed by atoms with Gasteiger partial charge < -0.3 is 9.47 Å². The van der Waals surface area contributed by atoms with Gasteiger partial charge in [0.05, 0.1) is 15.5 Å². The normalized spacial score (nSPS) is 13.5. The molecule has 8 nitrogen and oxygen atoms in total. The molecule has 1 aliphatic rings. The van der Waals surface area contributed by atoms with Crippen LogP contribution in [0.4, 0.5) is 11.4 Å². The summed E-state index contributed by atoms with van der Waals surface area (Å²) in [6.45, 7) is 2.55. The number of aryl methyl sites for hydroxylation is 1. The third-order valence-electron chi connectivity index (χ3n) is 4.63. The Morgan fingerprint density at radius 1 is 0.710 bits per heavy atom. The first kappa shape index (κ1) is 21.0. The van der Waals surface area contributed by atoms with Gasteiger partial charge in [-0.2, -0.15) is 0 Å². The Labute approximate surface area is 180 Å². The molecule has 0 radical (unpaired) electrons. The largest absolute Gasteiger partial charge is 0.486 e. The number of sulfonamides is 2. The average molecular weight is 461 g/mol. The topological polar surface area (TPSA) is 111 Å². The molecule has 0 bridgehead atoms. The van der Waals surface area contributed by atoms with Crippen LogP contribution in [0.3, 0.4) is 0 Å². The van der Waals surface area contributed by atoms with Gasteiger partial charge in [0.2, 0.25) is 0 Å². The Morgan fingerprint density at radius 3 is 2.03 bits per heavy atom. The summed E-state index contributed by atoms with van der Waals surface area (Å²) < 4.78 is 66.5. The fraction of sp³-hybridized carbons (Fsp3) is 0.143. The van der Waals surface area contributed by atoms with Crippen molar-refractivity contribution in [1.82, 2.24) is 0 Å². The number of benzene rings is 3. The zero-order valence-electron chi connectivity index (χ0n) is 16.5. The molecule has 1 heterocycles. The molecule has 0 aliphatic carbocycles. The van der Waals surface area contributed by atoms with Gasteiger partial charge in [-0.05, 0) is 55.0 Å². The fourth-order valence-electron chi connectivity index (χ4n) is 3.00. The number of nitrogens with one attached hydrogen (secondary N) is 2. The minimum Gasteiger partial charge on any atom is -0.486 e. The van der Waals surface area contributed by atoms with Crippen LogP contribution in [0.2, 0.25) is 0 Å². The highest BCUT2D eigenvalue weighted by atomic mass is 32.2. The van der Waals surface area contributed by atoms with Crippen molar-refractivity contribution in [1.29, 1.82) is 0 Å². The lowest BCUT2D eigenvalue weighted by atomic mass is 10.2. The van der Waals surface area contributed by atoms with Gasteiger partial charge in [0, 0.05) is 11.8 Å². The first-order valence-electron chi connectivity index (χ1n) is 9.36. The standard InChI is InChI=1S/C21H20N2O6S2/c1-15-4-2-3-5-19(15)23-30(24,25)17-8-6-16(7-9-17)22-31(26,27)18-10-11-20-21(14-18)29-13-12-28-20/h2-11,14,22-23H,12-13H2,1H3. The van der Waals surface area contributed by atoms with E-state index in [4.69, 9.17) is 9.47 Å². The monoisotopic (exact) mass is 460 g/mol. The van der Waals surface area contributed by atoms with Crippen molar-refractivity contribution in [2.24, 2.45) is 0 Å². The Balaban J connectivity index is 1.52. The molecule has 0 amide bonds. The van der Waals surface area contributed by atoms with Crippen LogP contribution in [-0.4, -0.2) is 30.0 Å². The molecule has 0 saturated carbocycles. The first-order valence-corrected chi connectivity index (χ1v) is 12.3. The van der Waals surface area contributed by atoms with Crippen LogP contribution in [0.5, 0.6) is 11.5 Å². The van der Waals surface area contributed by atoms with Crippen molar-refractivity contribution < 1.29 is 26.3 Å². The molecule has 3 aromatic carbocycles. The van der Waals surface area contributed by atoms with Crippen LogP contribution in [-0.2, 0) is 20.0 Å². The molecule has 10 heteroatoms. The van der Waals surface area contributed by atoms with E-state index >= 15 is 0 Å². The zero-order valence-corrected chi connectivity index (χ0v) is 18.2. The van der Waals surface area contributed by atoms with E-state index in [2.05, 4.69) is 9.44 Å². The highest BCUT2D eigenvalue weighted by Crippen LogP contribution is 2.33. The molecular formula is C21H20N2O6S2. The maximum atomic E-state index is 12.7. The number of hydrogen-bond donors (Lipinski definition) is 2. The van der Waals surface area contributed by atoms with Crippen molar-refractivity contribution >= 4 is 31.4 Å². The van der Waals surface area contributed by atoms with E-state index in [-0.39, 0.29) is 15.5 Å². The molecule has 4 rings (SSSR count). The summed E-state index contributed by atoms with van der Waals surface area (Å²) in [7, 11) is -7.72. The van der Waals surface area contributed by atoms with Gasteiger partial charge in [-0.25, -0.2) is 16.8 Å². The summed E-state index contributed by atoms with van der Waals surface area (Å²) in [5, 5.41) is 0. The Morgan fingerprint density at radius 2 is 1.32 bits per heavy atom. The molecular weight excluding hydrogens is 440 g/mol. The molecule has 0 fully saturated rings. The number of ether oxygens (including phenoxy) is 2. The number of fused-ring (bicyclic) bond motifs is 1. The number of rotatable bonds is 6. The third-order valence-corrected chi connectivity index (χ3v) is 7.39. The fourth-order valence-corrected chi connectivity index (χ4v) is 5.20. The molecule has 0 unspecified atom stereocenters. The Bertz CT molecular complexity index is 1320. The summed E-state index contributed by atoms with van der Waals surface area (Å²) in [4.78, 5) is 0.0210. The highest BCUT2D eigenvalue weighted by molar-refractivity contribution is 7.93. The second kappa shape index (κ2) is 8.12. The lowest BCUT2D eigenvalue weighted by molar-refractivity contribution is 0.171. The average Bonchev–Trinajstić information content (AvgIpc) is 2.75. The van der Waals surface area contributed by atoms with Gasteiger partial charge in [-0.1, -0.05) is 18.2 Å². The van der Waals surface area contributed by atoms with Crippen molar-refractivity contribution in [2.45, 2.75) is 16.7 Å². The zero-order chi connectivity index (χ0) is 22.1. The molecule has 0 atom stereocenters. The van der Waals surface area contributed by atoms with Gasteiger partial charge in [-0.3, -0.25) is 9.44 Å². The summed E-state index contributed by atoms with van der Waals surface area (Å²) in [5.41, 5.74) is 1.49. The number of para-hydroxylation sites is 1. The molecule has 162 valence electrons. The van der Waals surface area contributed by atoms with Crippen LogP contribution < -0.4 is 18.9 Å². The highest BCUT2D eigenvalue weighted by Gasteiger charge is 2.20. The predicted octanol–water partition coefficient (Wildman–Crippen LogP) is 3.37. The number of hydrogen-bond acceptors (Lipinski definition) is 6. The number of anilines is 2. The summed E-state index contributed by atoms with van der Waals surface area (Å²) >= 11 is 0. The SMILES string of the molecule is Cc1ccccc1NS(=O)(=O)c1ccc(NS(=O)(=O)c2ccc3c(c2)OCCO3)cc1. The molecule has 3 aromatic rings. The molecule has 0 spiro atoms. The lowest BCUT2D eigenvalue weighted by Crippen LogP contribution is -2.17. The quantitative estimate of drug-likeness (QED) is 0.584. The van der Waals surface area contributed by atoms with E-state index in [1.54, 1.807) is 25.1 Å². The van der Waals surface area contributed by atoms with Gasteiger partial charge >= 0.3 is 0 Å². The Hall–Kier alpha value is -3.24. The smallest absolute Gasteiger partial charge is 0.262 e. The van der Waals surface area contributed by atoms with Crippen LogP contribution in [0.1, 0.15) is 5.56 Å². The van der Waals surface area contributed by atoms with E-state index in [1.807, 2.05) is 6.07 Å². The Kier molecular flexibility index (Phi) is 5.50. The minimum absolute atomic E-state index is 0.00895. The van der Waals surface area contributed by atoms with Gasteiger partial charge in [0.1, 0.15) is 13.2 Å². The van der Waals surface area contributed by atoms with Crippen LogP contribution >= 0.6 is 0 Å². The van der Waals surface area contributed by atoms with E-state index in [0.29, 0.717) is 30.4 Å². The molecule has 31 heavy (non-hydrogen) atoms. The van der Waals surface area contributed by atoms with Crippen molar-refractivity contribution in [3.8, 4) is 11.5 Å². The van der Waals surface area contributed by atoms with E-state index in [0.717, 1.165) is 5.56 Å². The second-order valence-electron chi connectivity index (χ2n) is 6.86. The van der Waals surface area contributed by atoms with E-state index in [9.17, 15) is 16.8 Å². The molecule has 0 aromatic heterocycles. The lowest BCUT2D eigenvalue weighted by Gasteiger charge is -2.19. The van der Waals surface area contributed by atoms with Gasteiger partial charge in [-0.15, -0.1) is 0 Å². The molecule has 1 aliphatic heterocycles. The maximum absolute atomic E-state index is 12.7. The van der Waals surface area contributed by atoms with Crippen LogP contribution in [0.25, 0.3) is 0 Å². The molecule has 0 saturated heterocycles. The predicted molar refractivity (Wildman–Crippen MR) is 117 cm³/mol. The van der Waals surface area contributed by atoms with Gasteiger partial charge in [0.25, 0.3) is 20.0 Å². The van der Waals surface area contributed by atoms with Crippen molar-refractivity contribution in [3.05, 3.63) is 72.3 Å². The first-order chi connectivity index (χ1) is 14.7. The second-order valence-corrected chi connectivity index (χ2v) is 10.2. The van der Waals surface area contributed by atoms with Gasteiger partial charge in [0.15, 0.2) is 11.5 Å². The van der Waals surface area contributed by atoms with Crippen LogP contribution in [0, 0.1) is 6.92 Å². The van der Waals surface area contributed by atoms with E-state index < -0.39 is 20.0 Å². The summed E-state index contributed by atoms with van der Waals surface area (Å²) in [6.07, 6.45) is 0. The van der Waals surface area contributed by atoms with Crippen molar-refractivity contribution in [2.75, 3.05) is 22.7 Å². The summed E-state index contributed by atoms with van der Waals surface area (Å²) in [6, 6.07) is 16.8. The third kappa shape index (κ3) is 4.59. The van der Waals surface area contributed by atoms with E-state index in [1.165, 1.54) is 42.5 Å². The molecule has 2 N–H and O–H groups in total.